The average Bonchev–Trinajstić information content (AvgIpc) is 2.82. The first-order valence-electron chi connectivity index (χ1n) is 6.70. The molecule has 2 atom stereocenters. The molecule has 18 heavy (non-hydrogen) atoms. The van der Waals surface area contributed by atoms with Crippen molar-refractivity contribution in [3.63, 3.8) is 0 Å². The molecule has 2 unspecified atom stereocenters. The highest BCUT2D eigenvalue weighted by atomic mass is 15.3. The first kappa shape index (κ1) is 11.4. The van der Waals surface area contributed by atoms with Crippen molar-refractivity contribution in [2.24, 2.45) is 11.7 Å². The van der Waals surface area contributed by atoms with E-state index in [2.05, 4.69) is 15.1 Å². The number of nitrogens with zero attached hydrogens (tertiary/aromatic N) is 3. The molecule has 0 aromatic carbocycles. The van der Waals surface area contributed by atoms with Gasteiger partial charge in [0.25, 0.3) is 0 Å². The largest absolute Gasteiger partial charge is 0.384 e. The number of nitrogens with one attached hydrogen (secondary N) is 1. The highest BCUT2D eigenvalue weighted by Gasteiger charge is 2.37. The van der Waals surface area contributed by atoms with Crippen LogP contribution >= 0.6 is 0 Å². The summed E-state index contributed by atoms with van der Waals surface area (Å²) in [5.41, 5.74) is 6.36. The van der Waals surface area contributed by atoms with Crippen molar-refractivity contribution in [2.75, 3.05) is 11.4 Å². The Morgan fingerprint density at radius 3 is 3.00 bits per heavy atom. The second kappa shape index (κ2) is 4.55. The Hall–Kier alpha value is -1.65. The van der Waals surface area contributed by atoms with Crippen molar-refractivity contribution < 1.29 is 0 Å². The predicted octanol–water partition coefficient (Wildman–Crippen LogP) is 1.53. The molecule has 2 fully saturated rings. The van der Waals surface area contributed by atoms with Gasteiger partial charge in [-0.25, -0.2) is 0 Å². The normalized spacial score (nSPS) is 27.0. The van der Waals surface area contributed by atoms with Gasteiger partial charge < -0.3 is 10.6 Å². The smallest absolute Gasteiger partial charge is 0.162 e. The van der Waals surface area contributed by atoms with Gasteiger partial charge in [-0.15, -0.1) is 5.10 Å². The van der Waals surface area contributed by atoms with Gasteiger partial charge in [0.05, 0.1) is 11.8 Å². The number of fused-ring (bicyclic) bond motifs is 1. The molecule has 0 bridgehead atoms. The summed E-state index contributed by atoms with van der Waals surface area (Å²) in [6.07, 6.45) is 8.06. The molecular formula is C13H19N5. The van der Waals surface area contributed by atoms with E-state index in [4.69, 9.17) is 11.1 Å². The Bertz CT molecular complexity index is 458. The zero-order valence-corrected chi connectivity index (χ0v) is 10.5. The molecule has 1 aliphatic carbocycles. The first-order chi connectivity index (χ1) is 8.77. The van der Waals surface area contributed by atoms with Gasteiger partial charge in [0.15, 0.2) is 5.82 Å². The summed E-state index contributed by atoms with van der Waals surface area (Å²) in [5.74, 6) is 1.68. The molecule has 1 aromatic rings. The average molecular weight is 245 g/mol. The molecule has 3 rings (SSSR count). The lowest BCUT2D eigenvalue weighted by Crippen LogP contribution is -2.36. The van der Waals surface area contributed by atoms with Gasteiger partial charge in [0.1, 0.15) is 5.84 Å². The minimum Gasteiger partial charge on any atom is -0.384 e. The summed E-state index contributed by atoms with van der Waals surface area (Å²) in [5, 5.41) is 15.8. The maximum atomic E-state index is 7.66. The fourth-order valence-electron chi connectivity index (χ4n) is 3.42. The van der Waals surface area contributed by atoms with Crippen LogP contribution < -0.4 is 10.6 Å². The standard InChI is InChI=1S/C13H19N5/c14-12(15)10-5-7-16-17-13(10)18-8-6-9-3-1-2-4-11(9)18/h5,7,9,11H,1-4,6,8H2,(H3,14,15). The molecule has 1 saturated carbocycles. The van der Waals surface area contributed by atoms with Crippen molar-refractivity contribution in [3.05, 3.63) is 17.8 Å². The molecule has 2 heterocycles. The second-order valence-electron chi connectivity index (χ2n) is 5.28. The Kier molecular flexibility index (Phi) is 2.89. The lowest BCUT2D eigenvalue weighted by atomic mass is 9.85. The van der Waals surface area contributed by atoms with E-state index in [9.17, 15) is 0 Å². The monoisotopic (exact) mass is 245 g/mol. The third kappa shape index (κ3) is 1.83. The molecule has 96 valence electrons. The topological polar surface area (TPSA) is 78.9 Å². The Labute approximate surface area is 107 Å². The summed E-state index contributed by atoms with van der Waals surface area (Å²) in [4.78, 5) is 2.33. The molecule has 5 heteroatoms. The number of nitrogen functional groups attached to an aromatic ring is 1. The first-order valence-corrected chi connectivity index (χ1v) is 6.70. The number of hydrogen-bond acceptors (Lipinski definition) is 4. The molecule has 1 aliphatic heterocycles. The fourth-order valence-corrected chi connectivity index (χ4v) is 3.42. The van der Waals surface area contributed by atoms with Crippen LogP contribution in [-0.4, -0.2) is 28.6 Å². The van der Waals surface area contributed by atoms with Crippen LogP contribution in [-0.2, 0) is 0 Å². The van der Waals surface area contributed by atoms with Crippen molar-refractivity contribution in [3.8, 4) is 0 Å². The van der Waals surface area contributed by atoms with Crippen LogP contribution in [0.3, 0.4) is 0 Å². The summed E-state index contributed by atoms with van der Waals surface area (Å²) >= 11 is 0. The minimum absolute atomic E-state index is 0.0826. The van der Waals surface area contributed by atoms with Crippen molar-refractivity contribution in [1.82, 2.24) is 10.2 Å². The van der Waals surface area contributed by atoms with E-state index in [0.717, 1.165) is 23.8 Å². The maximum Gasteiger partial charge on any atom is 0.162 e. The fraction of sp³-hybridized carbons (Fsp3) is 0.615. The molecule has 3 N–H and O–H groups in total. The van der Waals surface area contributed by atoms with Crippen LogP contribution in [0, 0.1) is 11.3 Å². The summed E-state index contributed by atoms with van der Waals surface area (Å²) in [6, 6.07) is 2.37. The van der Waals surface area contributed by atoms with Crippen LogP contribution in [0.1, 0.15) is 37.7 Å². The molecular weight excluding hydrogens is 226 g/mol. The van der Waals surface area contributed by atoms with Gasteiger partial charge >= 0.3 is 0 Å². The van der Waals surface area contributed by atoms with E-state index < -0.39 is 0 Å². The number of rotatable bonds is 2. The van der Waals surface area contributed by atoms with Crippen LogP contribution in [0.4, 0.5) is 5.82 Å². The molecule has 1 saturated heterocycles. The molecule has 5 nitrogen and oxygen atoms in total. The van der Waals surface area contributed by atoms with Gasteiger partial charge in [0.2, 0.25) is 0 Å². The zero-order valence-electron chi connectivity index (χ0n) is 10.5. The van der Waals surface area contributed by atoms with Gasteiger partial charge in [-0.1, -0.05) is 12.8 Å². The Morgan fingerprint density at radius 1 is 1.33 bits per heavy atom. The summed E-state index contributed by atoms with van der Waals surface area (Å²) in [7, 11) is 0. The lowest BCUT2D eigenvalue weighted by molar-refractivity contribution is 0.341. The maximum absolute atomic E-state index is 7.66. The second-order valence-corrected chi connectivity index (χ2v) is 5.28. The third-order valence-electron chi connectivity index (χ3n) is 4.27. The summed E-state index contributed by atoms with van der Waals surface area (Å²) in [6.45, 7) is 1.02. The van der Waals surface area contributed by atoms with E-state index >= 15 is 0 Å². The quantitative estimate of drug-likeness (QED) is 0.611. The highest BCUT2D eigenvalue weighted by molar-refractivity contribution is 5.99. The zero-order chi connectivity index (χ0) is 12.5. The van der Waals surface area contributed by atoms with Crippen molar-refractivity contribution >= 4 is 11.7 Å². The number of nitrogens with two attached hydrogens (primary N) is 1. The Morgan fingerprint density at radius 2 is 2.17 bits per heavy atom. The van der Waals surface area contributed by atoms with E-state index in [1.54, 1.807) is 12.3 Å². The van der Waals surface area contributed by atoms with E-state index in [-0.39, 0.29) is 5.84 Å². The third-order valence-corrected chi connectivity index (χ3v) is 4.27. The molecule has 0 radical (unpaired) electrons. The number of anilines is 1. The molecule has 0 amide bonds. The number of amidine groups is 1. The van der Waals surface area contributed by atoms with Gasteiger partial charge in [0, 0.05) is 12.6 Å². The van der Waals surface area contributed by atoms with Crippen molar-refractivity contribution in [1.29, 1.82) is 5.41 Å². The van der Waals surface area contributed by atoms with Gasteiger partial charge in [-0.05, 0) is 31.2 Å². The Balaban J connectivity index is 1.93. The SMILES string of the molecule is N=C(N)c1ccnnc1N1CCC2CCCCC21. The minimum atomic E-state index is 0.0826. The van der Waals surface area contributed by atoms with E-state index in [1.807, 2.05) is 0 Å². The predicted molar refractivity (Wildman–Crippen MR) is 70.8 cm³/mol. The van der Waals surface area contributed by atoms with E-state index in [0.29, 0.717) is 6.04 Å². The molecule has 1 aromatic heterocycles. The molecule has 0 spiro atoms. The van der Waals surface area contributed by atoms with Crippen LogP contribution in [0.5, 0.6) is 0 Å². The lowest BCUT2D eigenvalue weighted by Gasteiger charge is -2.32. The highest BCUT2D eigenvalue weighted by Crippen LogP contribution is 2.38. The van der Waals surface area contributed by atoms with Gasteiger partial charge in [-0.3, -0.25) is 5.41 Å². The van der Waals surface area contributed by atoms with Crippen LogP contribution in [0.2, 0.25) is 0 Å². The molecule has 2 aliphatic rings. The number of hydrogen-bond donors (Lipinski definition) is 2. The van der Waals surface area contributed by atoms with Gasteiger partial charge in [-0.2, -0.15) is 5.10 Å². The van der Waals surface area contributed by atoms with E-state index in [1.165, 1.54) is 32.1 Å². The number of aromatic nitrogens is 2. The van der Waals surface area contributed by atoms with Crippen LogP contribution in [0.25, 0.3) is 0 Å². The van der Waals surface area contributed by atoms with Crippen LogP contribution in [0.15, 0.2) is 12.3 Å². The summed E-state index contributed by atoms with van der Waals surface area (Å²) < 4.78 is 0. The van der Waals surface area contributed by atoms with Crippen molar-refractivity contribution in [2.45, 2.75) is 38.1 Å².